The number of aromatic nitrogens is 3. The standard InChI is InChI=1S/C19H21N5O3S/c1-12(18(25)21-14-6-10-16(27-3)11-7-14)28-19-23-22-17(24(19)20)13-4-8-15(26-2)9-5-13/h4-12H,20H2,1-3H3,(H,21,25). The van der Waals surface area contributed by atoms with Gasteiger partial charge in [-0.15, -0.1) is 10.2 Å². The summed E-state index contributed by atoms with van der Waals surface area (Å²) in [6.45, 7) is 1.78. The summed E-state index contributed by atoms with van der Waals surface area (Å²) in [7, 11) is 3.20. The number of carbonyl (C=O) groups is 1. The molecule has 28 heavy (non-hydrogen) atoms. The lowest BCUT2D eigenvalue weighted by Crippen LogP contribution is -2.23. The molecule has 3 aromatic rings. The van der Waals surface area contributed by atoms with Crippen molar-refractivity contribution in [2.75, 3.05) is 25.4 Å². The Balaban J connectivity index is 1.67. The molecule has 0 fully saturated rings. The van der Waals surface area contributed by atoms with E-state index in [-0.39, 0.29) is 5.91 Å². The number of thioether (sulfide) groups is 1. The smallest absolute Gasteiger partial charge is 0.237 e. The molecule has 0 saturated carbocycles. The molecule has 0 radical (unpaired) electrons. The third-order valence-electron chi connectivity index (χ3n) is 4.02. The minimum absolute atomic E-state index is 0.163. The van der Waals surface area contributed by atoms with Crippen molar-refractivity contribution in [1.29, 1.82) is 0 Å². The predicted molar refractivity (Wildman–Crippen MR) is 109 cm³/mol. The lowest BCUT2D eigenvalue weighted by atomic mass is 10.2. The number of nitrogens with zero attached hydrogens (tertiary/aromatic N) is 3. The Morgan fingerprint density at radius 2 is 1.61 bits per heavy atom. The number of nitrogens with one attached hydrogen (secondary N) is 1. The molecular formula is C19H21N5O3S. The highest BCUT2D eigenvalue weighted by atomic mass is 32.2. The first-order valence-electron chi connectivity index (χ1n) is 8.48. The maximum absolute atomic E-state index is 12.5. The molecule has 0 aliphatic rings. The fraction of sp³-hybridized carbons (Fsp3) is 0.211. The first-order valence-corrected chi connectivity index (χ1v) is 9.36. The van der Waals surface area contributed by atoms with Crippen molar-refractivity contribution in [1.82, 2.24) is 14.9 Å². The normalized spacial score (nSPS) is 11.7. The van der Waals surface area contributed by atoms with Crippen LogP contribution in [0.15, 0.2) is 53.7 Å². The van der Waals surface area contributed by atoms with Crippen LogP contribution in [0.2, 0.25) is 0 Å². The second-order valence-electron chi connectivity index (χ2n) is 5.88. The van der Waals surface area contributed by atoms with Gasteiger partial charge in [0.05, 0.1) is 19.5 Å². The van der Waals surface area contributed by atoms with Crippen molar-refractivity contribution < 1.29 is 14.3 Å². The number of hydrogen-bond donors (Lipinski definition) is 2. The van der Waals surface area contributed by atoms with Crippen LogP contribution >= 0.6 is 11.8 Å². The van der Waals surface area contributed by atoms with Gasteiger partial charge in [-0.3, -0.25) is 4.79 Å². The number of rotatable bonds is 7. The minimum Gasteiger partial charge on any atom is -0.497 e. The average Bonchev–Trinajstić information content (AvgIpc) is 3.08. The highest BCUT2D eigenvalue weighted by molar-refractivity contribution is 8.00. The molecule has 2 aromatic carbocycles. The Morgan fingerprint density at radius 1 is 1.04 bits per heavy atom. The lowest BCUT2D eigenvalue weighted by molar-refractivity contribution is -0.115. The third-order valence-corrected chi connectivity index (χ3v) is 5.08. The van der Waals surface area contributed by atoms with Crippen molar-refractivity contribution in [2.24, 2.45) is 0 Å². The summed E-state index contributed by atoms with van der Waals surface area (Å²) in [5.41, 5.74) is 1.49. The summed E-state index contributed by atoms with van der Waals surface area (Å²) >= 11 is 1.23. The highest BCUT2D eigenvalue weighted by Crippen LogP contribution is 2.26. The molecular weight excluding hydrogens is 378 g/mol. The van der Waals surface area contributed by atoms with E-state index < -0.39 is 5.25 Å². The zero-order chi connectivity index (χ0) is 20.1. The van der Waals surface area contributed by atoms with Gasteiger partial charge in [0.2, 0.25) is 11.1 Å². The third kappa shape index (κ3) is 4.37. The molecule has 1 heterocycles. The van der Waals surface area contributed by atoms with Crippen molar-refractivity contribution in [3.8, 4) is 22.9 Å². The molecule has 1 aromatic heterocycles. The molecule has 8 nitrogen and oxygen atoms in total. The van der Waals surface area contributed by atoms with E-state index >= 15 is 0 Å². The van der Waals surface area contributed by atoms with E-state index in [0.717, 1.165) is 17.1 Å². The number of benzene rings is 2. The second-order valence-corrected chi connectivity index (χ2v) is 7.19. The van der Waals surface area contributed by atoms with Crippen molar-refractivity contribution in [2.45, 2.75) is 17.3 Å². The Kier molecular flexibility index (Phi) is 6.05. The van der Waals surface area contributed by atoms with Crippen LogP contribution in [0, 0.1) is 0 Å². The molecule has 0 saturated heterocycles. The molecule has 0 aliphatic carbocycles. The minimum atomic E-state index is -0.419. The van der Waals surface area contributed by atoms with Crippen LogP contribution in [-0.2, 0) is 4.79 Å². The molecule has 0 bridgehead atoms. The number of methoxy groups -OCH3 is 2. The molecule has 3 N–H and O–H groups in total. The highest BCUT2D eigenvalue weighted by Gasteiger charge is 2.20. The van der Waals surface area contributed by atoms with Gasteiger partial charge in [-0.2, -0.15) is 0 Å². The zero-order valence-corrected chi connectivity index (χ0v) is 16.6. The zero-order valence-electron chi connectivity index (χ0n) is 15.7. The van der Waals surface area contributed by atoms with Gasteiger partial charge in [-0.1, -0.05) is 11.8 Å². The van der Waals surface area contributed by atoms with E-state index in [1.807, 2.05) is 24.3 Å². The van der Waals surface area contributed by atoms with Crippen LogP contribution in [0.3, 0.4) is 0 Å². The number of amides is 1. The van der Waals surface area contributed by atoms with Crippen molar-refractivity contribution in [3.63, 3.8) is 0 Å². The van der Waals surface area contributed by atoms with Crippen LogP contribution in [0.25, 0.3) is 11.4 Å². The molecule has 3 rings (SSSR count). The second kappa shape index (κ2) is 8.66. The Morgan fingerprint density at radius 3 is 2.18 bits per heavy atom. The van der Waals surface area contributed by atoms with Gasteiger partial charge in [-0.25, -0.2) is 4.68 Å². The lowest BCUT2D eigenvalue weighted by Gasteiger charge is -2.12. The molecule has 9 heteroatoms. The van der Waals surface area contributed by atoms with E-state index in [4.69, 9.17) is 15.3 Å². The fourth-order valence-corrected chi connectivity index (χ4v) is 3.19. The molecule has 1 atom stereocenters. The van der Waals surface area contributed by atoms with Crippen LogP contribution in [0.5, 0.6) is 11.5 Å². The molecule has 146 valence electrons. The Bertz CT molecular complexity index is 941. The van der Waals surface area contributed by atoms with Gasteiger partial charge >= 0.3 is 0 Å². The molecule has 1 amide bonds. The van der Waals surface area contributed by atoms with Crippen molar-refractivity contribution in [3.05, 3.63) is 48.5 Å². The molecule has 1 unspecified atom stereocenters. The number of carbonyl (C=O) groups excluding carboxylic acids is 1. The topological polar surface area (TPSA) is 104 Å². The summed E-state index contributed by atoms with van der Waals surface area (Å²) in [4.78, 5) is 12.5. The number of anilines is 1. The summed E-state index contributed by atoms with van der Waals surface area (Å²) in [5.74, 6) is 7.94. The van der Waals surface area contributed by atoms with Gasteiger partial charge in [0, 0.05) is 11.3 Å². The van der Waals surface area contributed by atoms with E-state index in [1.165, 1.54) is 16.4 Å². The van der Waals surface area contributed by atoms with Crippen LogP contribution < -0.4 is 20.6 Å². The molecule has 0 aliphatic heterocycles. The predicted octanol–water partition coefficient (Wildman–Crippen LogP) is 2.80. The van der Waals surface area contributed by atoms with E-state index in [0.29, 0.717) is 16.7 Å². The maximum atomic E-state index is 12.5. The van der Waals surface area contributed by atoms with Crippen LogP contribution in [-0.4, -0.2) is 40.3 Å². The van der Waals surface area contributed by atoms with Crippen LogP contribution in [0.4, 0.5) is 5.69 Å². The maximum Gasteiger partial charge on any atom is 0.237 e. The van der Waals surface area contributed by atoms with Crippen molar-refractivity contribution >= 4 is 23.4 Å². The van der Waals surface area contributed by atoms with Gasteiger partial charge < -0.3 is 20.6 Å². The summed E-state index contributed by atoms with van der Waals surface area (Å²) < 4.78 is 11.6. The van der Waals surface area contributed by atoms with Gasteiger partial charge in [0.25, 0.3) is 0 Å². The van der Waals surface area contributed by atoms with Crippen LogP contribution in [0.1, 0.15) is 6.92 Å². The first-order chi connectivity index (χ1) is 13.5. The summed E-state index contributed by atoms with van der Waals surface area (Å²) in [5, 5.41) is 11.1. The SMILES string of the molecule is COc1ccc(NC(=O)C(C)Sc2nnc(-c3ccc(OC)cc3)n2N)cc1. The van der Waals surface area contributed by atoms with Gasteiger partial charge in [-0.05, 0) is 55.5 Å². The fourth-order valence-electron chi connectivity index (χ4n) is 2.42. The number of ether oxygens (including phenoxy) is 2. The largest absolute Gasteiger partial charge is 0.497 e. The Hall–Kier alpha value is -3.20. The monoisotopic (exact) mass is 399 g/mol. The quantitative estimate of drug-likeness (QED) is 0.465. The van der Waals surface area contributed by atoms with Gasteiger partial charge in [0.15, 0.2) is 5.82 Å². The molecule has 0 spiro atoms. The summed E-state index contributed by atoms with van der Waals surface area (Å²) in [6, 6.07) is 14.5. The first kappa shape index (κ1) is 19.6. The summed E-state index contributed by atoms with van der Waals surface area (Å²) in [6.07, 6.45) is 0. The van der Waals surface area contributed by atoms with E-state index in [9.17, 15) is 4.79 Å². The average molecular weight is 399 g/mol. The van der Waals surface area contributed by atoms with E-state index in [2.05, 4.69) is 15.5 Å². The number of nitrogens with two attached hydrogens (primary N) is 1. The van der Waals surface area contributed by atoms with E-state index in [1.54, 1.807) is 45.4 Å². The number of hydrogen-bond acceptors (Lipinski definition) is 7. The number of nitrogen functional groups attached to an aromatic ring is 1. The van der Waals surface area contributed by atoms with Gasteiger partial charge in [0.1, 0.15) is 11.5 Å². The Labute approximate surface area is 167 Å².